The highest BCUT2D eigenvalue weighted by atomic mass is 16.3. The van der Waals surface area contributed by atoms with Crippen LogP contribution in [0.4, 0.5) is 0 Å². The average molecular weight is 219 g/mol. The lowest BCUT2D eigenvalue weighted by Crippen LogP contribution is -2.18. The van der Waals surface area contributed by atoms with E-state index in [1.54, 1.807) is 12.1 Å². The molecule has 1 unspecified atom stereocenters. The van der Waals surface area contributed by atoms with Crippen molar-refractivity contribution in [2.45, 2.75) is 25.8 Å². The number of carbonyl (C=O) groups is 1. The van der Waals surface area contributed by atoms with E-state index in [1.165, 1.54) is 0 Å². The number of carbonyl (C=O) groups excluding carboxylic acids is 1. The normalized spacial score (nSPS) is 11.8. The van der Waals surface area contributed by atoms with Crippen molar-refractivity contribution >= 4 is 6.41 Å². The first-order valence-corrected chi connectivity index (χ1v) is 5.35. The molecule has 0 bridgehead atoms. The molecule has 1 aromatic rings. The van der Waals surface area contributed by atoms with Crippen molar-refractivity contribution in [3.05, 3.63) is 42.0 Å². The number of allylic oxidation sites excluding steroid dienone is 1. The molecule has 0 spiro atoms. The summed E-state index contributed by atoms with van der Waals surface area (Å²) in [6.07, 6.45) is 3.88. The summed E-state index contributed by atoms with van der Waals surface area (Å²) in [7, 11) is 0. The van der Waals surface area contributed by atoms with Crippen LogP contribution in [-0.2, 0) is 11.2 Å². The van der Waals surface area contributed by atoms with Gasteiger partial charge in [0.05, 0.1) is 6.04 Å². The average Bonchev–Trinajstić information content (AvgIpc) is 2.29. The fraction of sp³-hybridized carbons (Fsp3) is 0.308. The van der Waals surface area contributed by atoms with E-state index in [9.17, 15) is 9.90 Å². The molecule has 16 heavy (non-hydrogen) atoms. The summed E-state index contributed by atoms with van der Waals surface area (Å²) >= 11 is 0. The van der Waals surface area contributed by atoms with Crippen LogP contribution in [0, 0.1) is 0 Å². The molecule has 0 aliphatic rings. The van der Waals surface area contributed by atoms with Gasteiger partial charge in [-0.25, -0.2) is 0 Å². The third kappa shape index (κ3) is 2.86. The first kappa shape index (κ1) is 12.3. The molecule has 0 radical (unpaired) electrons. The third-order valence-corrected chi connectivity index (χ3v) is 2.55. The summed E-state index contributed by atoms with van der Waals surface area (Å²) in [4.78, 5) is 10.4. The number of rotatable bonds is 6. The molecule has 0 heterocycles. The molecule has 0 fully saturated rings. The molecule has 1 atom stereocenters. The summed E-state index contributed by atoms with van der Waals surface area (Å²) in [5.41, 5.74) is 1.84. The minimum absolute atomic E-state index is 0.00154. The molecule has 0 saturated heterocycles. The zero-order valence-corrected chi connectivity index (χ0v) is 9.44. The van der Waals surface area contributed by atoms with Gasteiger partial charge in [-0.3, -0.25) is 4.79 Å². The van der Waals surface area contributed by atoms with Gasteiger partial charge in [0, 0.05) is 0 Å². The Morgan fingerprint density at radius 1 is 1.56 bits per heavy atom. The maximum Gasteiger partial charge on any atom is 0.207 e. The summed E-state index contributed by atoms with van der Waals surface area (Å²) in [6, 6.07) is 5.39. The van der Waals surface area contributed by atoms with E-state index >= 15 is 0 Å². The van der Waals surface area contributed by atoms with Crippen LogP contribution < -0.4 is 5.32 Å². The van der Waals surface area contributed by atoms with Gasteiger partial charge in [0.15, 0.2) is 0 Å². The van der Waals surface area contributed by atoms with Crippen molar-refractivity contribution < 1.29 is 9.90 Å². The van der Waals surface area contributed by atoms with Crippen LogP contribution in [0.2, 0.25) is 0 Å². The number of phenols is 1. The zero-order valence-electron chi connectivity index (χ0n) is 9.44. The molecule has 1 rings (SSSR count). The van der Waals surface area contributed by atoms with E-state index in [1.807, 2.05) is 19.1 Å². The summed E-state index contributed by atoms with van der Waals surface area (Å²) in [5, 5.41) is 12.4. The number of benzene rings is 1. The Kier molecular flexibility index (Phi) is 4.58. The highest BCUT2D eigenvalue weighted by Crippen LogP contribution is 2.24. The number of amides is 1. The van der Waals surface area contributed by atoms with Crippen LogP contribution in [0.1, 0.15) is 30.5 Å². The second kappa shape index (κ2) is 5.95. The van der Waals surface area contributed by atoms with Gasteiger partial charge in [-0.2, -0.15) is 0 Å². The van der Waals surface area contributed by atoms with Crippen LogP contribution in [0.5, 0.6) is 5.75 Å². The van der Waals surface area contributed by atoms with E-state index in [0.717, 1.165) is 17.5 Å². The lowest BCUT2D eigenvalue weighted by atomic mass is 10.00. The molecule has 1 amide bonds. The molecule has 0 aliphatic heterocycles. The second-order valence-electron chi connectivity index (χ2n) is 3.63. The van der Waals surface area contributed by atoms with Gasteiger partial charge in [-0.15, -0.1) is 6.58 Å². The maximum atomic E-state index is 10.4. The Bertz CT molecular complexity index is 374. The Hall–Kier alpha value is -1.77. The van der Waals surface area contributed by atoms with Crippen molar-refractivity contribution in [1.82, 2.24) is 5.32 Å². The Labute approximate surface area is 95.8 Å². The van der Waals surface area contributed by atoms with E-state index in [-0.39, 0.29) is 11.8 Å². The van der Waals surface area contributed by atoms with Crippen LogP contribution in [0.15, 0.2) is 30.9 Å². The fourth-order valence-corrected chi connectivity index (χ4v) is 1.67. The summed E-state index contributed by atoms with van der Waals surface area (Å²) in [6.45, 7) is 5.65. The molecule has 2 N–H and O–H groups in total. The number of nitrogens with one attached hydrogen (secondary N) is 1. The van der Waals surface area contributed by atoms with Gasteiger partial charge in [-0.1, -0.05) is 19.1 Å². The molecular formula is C13H17NO2. The standard InChI is InChI=1S/C13H17NO2/c1-3-5-11-8-10(6-7-13(11)16)12(4-2)14-9-15/h3,6-9,12,16H,1,4-5H2,2H3,(H,14,15). The molecule has 3 nitrogen and oxygen atoms in total. The lowest BCUT2D eigenvalue weighted by molar-refractivity contribution is -0.110. The van der Waals surface area contributed by atoms with Crippen LogP contribution in [0.25, 0.3) is 0 Å². The van der Waals surface area contributed by atoms with Gasteiger partial charge in [0.2, 0.25) is 6.41 Å². The van der Waals surface area contributed by atoms with Crippen LogP contribution in [-0.4, -0.2) is 11.5 Å². The van der Waals surface area contributed by atoms with Crippen molar-refractivity contribution in [2.75, 3.05) is 0 Å². The van der Waals surface area contributed by atoms with Crippen LogP contribution in [0.3, 0.4) is 0 Å². The van der Waals surface area contributed by atoms with Gasteiger partial charge < -0.3 is 10.4 Å². The Balaban J connectivity index is 2.99. The molecule has 86 valence electrons. The predicted octanol–water partition coefficient (Wildman–Crippen LogP) is 2.32. The number of phenolic OH excluding ortho intramolecular Hbond substituents is 1. The highest BCUT2D eigenvalue weighted by molar-refractivity contribution is 5.48. The maximum absolute atomic E-state index is 10.4. The van der Waals surface area contributed by atoms with Gasteiger partial charge >= 0.3 is 0 Å². The summed E-state index contributed by atoms with van der Waals surface area (Å²) in [5.74, 6) is 0.268. The van der Waals surface area contributed by atoms with E-state index in [2.05, 4.69) is 11.9 Å². The lowest BCUT2D eigenvalue weighted by Gasteiger charge is -2.15. The molecule has 0 aliphatic carbocycles. The van der Waals surface area contributed by atoms with E-state index in [0.29, 0.717) is 12.8 Å². The van der Waals surface area contributed by atoms with Gasteiger partial charge in [0.25, 0.3) is 0 Å². The van der Waals surface area contributed by atoms with Crippen molar-refractivity contribution in [3.8, 4) is 5.75 Å². The molecule has 0 saturated carbocycles. The highest BCUT2D eigenvalue weighted by Gasteiger charge is 2.09. The van der Waals surface area contributed by atoms with E-state index < -0.39 is 0 Å². The van der Waals surface area contributed by atoms with Crippen molar-refractivity contribution in [2.24, 2.45) is 0 Å². The van der Waals surface area contributed by atoms with Gasteiger partial charge in [-0.05, 0) is 36.1 Å². The topological polar surface area (TPSA) is 49.3 Å². The fourth-order valence-electron chi connectivity index (χ4n) is 1.67. The Morgan fingerprint density at radius 2 is 2.31 bits per heavy atom. The predicted molar refractivity (Wildman–Crippen MR) is 64.2 cm³/mol. The zero-order chi connectivity index (χ0) is 12.0. The monoisotopic (exact) mass is 219 g/mol. The minimum Gasteiger partial charge on any atom is -0.508 e. The van der Waals surface area contributed by atoms with Crippen LogP contribution >= 0.6 is 0 Å². The second-order valence-corrected chi connectivity index (χ2v) is 3.63. The molecule has 3 heteroatoms. The molecular weight excluding hydrogens is 202 g/mol. The quantitative estimate of drug-likeness (QED) is 0.570. The number of hydrogen-bond acceptors (Lipinski definition) is 2. The summed E-state index contributed by atoms with van der Waals surface area (Å²) < 4.78 is 0. The SMILES string of the molecule is C=CCc1cc(C(CC)NC=O)ccc1O. The number of aromatic hydroxyl groups is 1. The molecule has 1 aromatic carbocycles. The first-order valence-electron chi connectivity index (χ1n) is 5.35. The van der Waals surface area contributed by atoms with Crippen molar-refractivity contribution in [3.63, 3.8) is 0 Å². The largest absolute Gasteiger partial charge is 0.508 e. The van der Waals surface area contributed by atoms with Gasteiger partial charge in [0.1, 0.15) is 5.75 Å². The van der Waals surface area contributed by atoms with E-state index in [4.69, 9.17) is 0 Å². The van der Waals surface area contributed by atoms with Crippen molar-refractivity contribution in [1.29, 1.82) is 0 Å². The third-order valence-electron chi connectivity index (χ3n) is 2.55. The Morgan fingerprint density at radius 3 is 2.88 bits per heavy atom. The number of hydrogen-bond donors (Lipinski definition) is 2. The minimum atomic E-state index is 0.00154. The smallest absolute Gasteiger partial charge is 0.207 e. The molecule has 0 aromatic heterocycles. The first-order chi connectivity index (χ1) is 7.72.